The quantitative estimate of drug-likeness (QED) is 0.531. The van der Waals surface area contributed by atoms with Gasteiger partial charge in [-0.05, 0) is 43.5 Å². The number of nitrogens with one attached hydrogen (secondary N) is 2. The van der Waals surface area contributed by atoms with Gasteiger partial charge >= 0.3 is 0 Å². The topological polar surface area (TPSA) is 154 Å². The highest BCUT2D eigenvalue weighted by Gasteiger charge is 2.26. The number of rotatable bonds is 8. The van der Waals surface area contributed by atoms with Gasteiger partial charge in [0, 0.05) is 6.07 Å². The number of nitrogens with two attached hydrogens (primary N) is 1. The molecular formula is C19H25N3O7S2. The van der Waals surface area contributed by atoms with Gasteiger partial charge in [-0.15, -0.1) is 0 Å². The zero-order chi connectivity index (χ0) is 23.7. The molecule has 0 aromatic heterocycles. The van der Waals surface area contributed by atoms with Crippen molar-refractivity contribution in [1.82, 2.24) is 0 Å². The Balaban J connectivity index is 2.70. The maximum Gasteiger partial charge on any atom is 0.262 e. The van der Waals surface area contributed by atoms with Gasteiger partial charge in [0.15, 0.2) is 11.5 Å². The average Bonchev–Trinajstić information content (AvgIpc) is 2.62. The van der Waals surface area contributed by atoms with E-state index in [-0.39, 0.29) is 38.9 Å². The van der Waals surface area contributed by atoms with E-state index in [4.69, 9.17) is 15.2 Å². The first-order valence-electron chi connectivity index (χ1n) is 8.89. The van der Waals surface area contributed by atoms with Crippen LogP contribution in [0.25, 0.3) is 0 Å². The number of benzene rings is 2. The number of hydrogen-bond donors (Lipinski definition) is 3. The molecule has 2 aromatic carbocycles. The van der Waals surface area contributed by atoms with Crippen molar-refractivity contribution in [3.05, 3.63) is 40.5 Å². The van der Waals surface area contributed by atoms with Crippen LogP contribution in [0.1, 0.15) is 27.0 Å². The maximum atomic E-state index is 13.3. The van der Waals surface area contributed by atoms with E-state index in [2.05, 4.69) is 9.44 Å². The minimum Gasteiger partial charge on any atom is -0.493 e. The molecule has 0 saturated heterocycles. The largest absolute Gasteiger partial charge is 0.493 e. The summed E-state index contributed by atoms with van der Waals surface area (Å²) in [6, 6.07) is 4.11. The van der Waals surface area contributed by atoms with Gasteiger partial charge in [-0.25, -0.2) is 16.8 Å². The van der Waals surface area contributed by atoms with Crippen LogP contribution in [-0.2, 0) is 20.0 Å². The van der Waals surface area contributed by atoms with Gasteiger partial charge in [-0.3, -0.25) is 14.2 Å². The normalized spacial score (nSPS) is 11.7. The summed E-state index contributed by atoms with van der Waals surface area (Å²) in [5.41, 5.74) is 6.50. The Labute approximate surface area is 181 Å². The summed E-state index contributed by atoms with van der Waals surface area (Å²) in [5, 5.41) is 0. The van der Waals surface area contributed by atoms with Crippen molar-refractivity contribution in [3.63, 3.8) is 0 Å². The highest BCUT2D eigenvalue weighted by molar-refractivity contribution is 7.93. The van der Waals surface area contributed by atoms with Crippen molar-refractivity contribution in [2.45, 2.75) is 25.7 Å². The zero-order valence-corrected chi connectivity index (χ0v) is 19.6. The van der Waals surface area contributed by atoms with E-state index >= 15 is 0 Å². The van der Waals surface area contributed by atoms with E-state index in [1.54, 1.807) is 19.9 Å². The number of aryl methyl sites for hydroxylation is 2. The van der Waals surface area contributed by atoms with Gasteiger partial charge in [-0.2, -0.15) is 0 Å². The predicted octanol–water partition coefficient (Wildman–Crippen LogP) is 1.90. The second-order valence-electron chi connectivity index (χ2n) is 6.94. The van der Waals surface area contributed by atoms with E-state index in [1.807, 2.05) is 0 Å². The van der Waals surface area contributed by atoms with Crippen LogP contribution in [0.5, 0.6) is 11.5 Å². The van der Waals surface area contributed by atoms with E-state index in [0.717, 1.165) is 6.26 Å². The fourth-order valence-corrected chi connectivity index (χ4v) is 5.52. The maximum absolute atomic E-state index is 13.3. The average molecular weight is 472 g/mol. The molecule has 0 aliphatic carbocycles. The third-order valence-electron chi connectivity index (χ3n) is 4.49. The Kier molecular flexibility index (Phi) is 6.76. The Morgan fingerprint density at radius 3 is 1.94 bits per heavy atom. The molecule has 0 atom stereocenters. The van der Waals surface area contributed by atoms with Crippen molar-refractivity contribution in [1.29, 1.82) is 0 Å². The molecule has 4 N–H and O–H groups in total. The monoisotopic (exact) mass is 471 g/mol. The lowest BCUT2D eigenvalue weighted by atomic mass is 10.1. The predicted molar refractivity (Wildman–Crippen MR) is 118 cm³/mol. The number of carbonyl (C=O) groups excluding carboxylic acids is 1. The molecule has 0 unspecified atom stereocenters. The van der Waals surface area contributed by atoms with E-state index in [0.29, 0.717) is 11.1 Å². The molecule has 0 fully saturated rings. The highest BCUT2D eigenvalue weighted by atomic mass is 32.2. The SMILES string of the molecule is COc1cc(NS(=O)(=O)c2c(C)cc(C)c(NS(C)(=O)=O)c2C)c(C(N)=O)cc1OC. The second-order valence-corrected chi connectivity index (χ2v) is 10.3. The Bertz CT molecular complexity index is 1250. The van der Waals surface area contributed by atoms with Gasteiger partial charge in [0.2, 0.25) is 10.0 Å². The van der Waals surface area contributed by atoms with E-state index < -0.39 is 26.0 Å². The number of ether oxygens (including phenoxy) is 2. The standard InChI is InChI=1S/C19H25N3O7S2/c1-10-7-11(2)18(12(3)17(10)22-30(6,24)25)31(26,27)21-14-9-16(29-5)15(28-4)8-13(14)19(20)23/h7-9,21-22H,1-6H3,(H2,20,23). The Hall–Kier alpha value is -2.99. The minimum atomic E-state index is -4.26. The van der Waals surface area contributed by atoms with Crippen LogP contribution in [0.3, 0.4) is 0 Å². The third-order valence-corrected chi connectivity index (χ3v) is 6.72. The molecule has 12 heteroatoms. The summed E-state index contributed by atoms with van der Waals surface area (Å²) in [4.78, 5) is 11.8. The lowest BCUT2D eigenvalue weighted by molar-refractivity contribution is 0.100. The van der Waals surface area contributed by atoms with Crippen LogP contribution >= 0.6 is 0 Å². The summed E-state index contributed by atoms with van der Waals surface area (Å²) in [7, 11) is -5.19. The number of sulfonamides is 2. The number of primary amides is 1. The van der Waals surface area contributed by atoms with E-state index in [9.17, 15) is 21.6 Å². The molecule has 1 amide bonds. The molecular weight excluding hydrogens is 446 g/mol. The Morgan fingerprint density at radius 2 is 1.45 bits per heavy atom. The molecule has 0 radical (unpaired) electrons. The number of amides is 1. The van der Waals surface area contributed by atoms with E-state index in [1.165, 1.54) is 33.3 Å². The van der Waals surface area contributed by atoms with Crippen molar-refractivity contribution < 1.29 is 31.1 Å². The summed E-state index contributed by atoms with van der Waals surface area (Å²) < 4.78 is 65.1. The highest BCUT2D eigenvalue weighted by Crippen LogP contribution is 2.36. The minimum absolute atomic E-state index is 0.109. The molecule has 10 nitrogen and oxygen atoms in total. The van der Waals surface area contributed by atoms with Gasteiger partial charge in [0.05, 0.1) is 42.3 Å². The molecule has 0 aliphatic rings. The molecule has 2 rings (SSSR count). The first-order chi connectivity index (χ1) is 14.2. The molecule has 2 aromatic rings. The van der Waals surface area contributed by atoms with Gasteiger partial charge in [0.25, 0.3) is 15.9 Å². The van der Waals surface area contributed by atoms with Crippen molar-refractivity contribution >= 4 is 37.3 Å². The summed E-state index contributed by atoms with van der Waals surface area (Å²) >= 11 is 0. The van der Waals surface area contributed by atoms with Crippen molar-refractivity contribution in [3.8, 4) is 11.5 Å². The lowest BCUT2D eigenvalue weighted by Crippen LogP contribution is -2.21. The van der Waals surface area contributed by atoms with Crippen LogP contribution in [0.2, 0.25) is 0 Å². The fraction of sp³-hybridized carbons (Fsp3) is 0.316. The van der Waals surface area contributed by atoms with Crippen LogP contribution in [-0.4, -0.2) is 43.2 Å². The molecule has 31 heavy (non-hydrogen) atoms. The van der Waals surface area contributed by atoms with Crippen molar-refractivity contribution in [2.75, 3.05) is 29.9 Å². The van der Waals surface area contributed by atoms with Crippen LogP contribution in [0.4, 0.5) is 11.4 Å². The van der Waals surface area contributed by atoms with Crippen LogP contribution in [0, 0.1) is 20.8 Å². The van der Waals surface area contributed by atoms with Crippen molar-refractivity contribution in [2.24, 2.45) is 5.73 Å². The summed E-state index contributed by atoms with van der Waals surface area (Å²) in [6.45, 7) is 4.74. The lowest BCUT2D eigenvalue weighted by Gasteiger charge is -2.20. The van der Waals surface area contributed by atoms with Gasteiger partial charge in [0.1, 0.15) is 0 Å². The van der Waals surface area contributed by atoms with Crippen LogP contribution in [0.15, 0.2) is 23.1 Å². The fourth-order valence-electron chi connectivity index (χ4n) is 3.29. The smallest absolute Gasteiger partial charge is 0.262 e. The number of methoxy groups -OCH3 is 2. The zero-order valence-electron chi connectivity index (χ0n) is 18.0. The number of anilines is 2. The third kappa shape index (κ3) is 5.20. The first kappa shape index (κ1) is 24.3. The number of hydrogen-bond acceptors (Lipinski definition) is 7. The van der Waals surface area contributed by atoms with Gasteiger partial charge in [-0.1, -0.05) is 6.07 Å². The first-order valence-corrected chi connectivity index (χ1v) is 12.3. The molecule has 0 saturated carbocycles. The molecule has 0 bridgehead atoms. The molecule has 170 valence electrons. The molecule has 0 heterocycles. The Morgan fingerprint density at radius 1 is 0.903 bits per heavy atom. The number of carbonyl (C=O) groups is 1. The summed E-state index contributed by atoms with van der Waals surface area (Å²) in [5.74, 6) is -0.501. The molecule has 0 aliphatic heterocycles. The second kappa shape index (κ2) is 8.63. The van der Waals surface area contributed by atoms with Crippen LogP contribution < -0.4 is 24.7 Å². The molecule has 0 spiro atoms. The summed E-state index contributed by atoms with van der Waals surface area (Å²) in [6.07, 6.45) is 0.973. The van der Waals surface area contributed by atoms with Gasteiger partial charge < -0.3 is 15.2 Å².